The molecule has 1 fully saturated rings. The number of aryl methyl sites for hydroxylation is 1. The van der Waals surface area contributed by atoms with Crippen LogP contribution in [0.1, 0.15) is 12.0 Å². The monoisotopic (exact) mass is 235 g/mol. The topological polar surface area (TPSA) is 75.5 Å². The highest BCUT2D eigenvalue weighted by molar-refractivity contribution is 5.92. The molecule has 0 spiro atoms. The smallest absolute Gasteiger partial charge is 0.321 e. The molecule has 1 aliphatic rings. The van der Waals surface area contributed by atoms with E-state index in [0.717, 1.165) is 6.42 Å². The first kappa shape index (κ1) is 11.4. The zero-order valence-electron chi connectivity index (χ0n) is 9.47. The number of carbonyl (C=O) groups excluding carboxylic acids is 1. The van der Waals surface area contributed by atoms with E-state index in [1.54, 1.807) is 24.0 Å². The summed E-state index contributed by atoms with van der Waals surface area (Å²) in [6.07, 6.45) is 0.877. The molecule has 90 valence electrons. The molecule has 17 heavy (non-hydrogen) atoms. The van der Waals surface area contributed by atoms with Crippen molar-refractivity contribution in [2.75, 3.05) is 18.0 Å². The molecule has 1 heterocycles. The van der Waals surface area contributed by atoms with Gasteiger partial charge in [-0.1, -0.05) is 0 Å². The third kappa shape index (κ3) is 2.20. The van der Waals surface area contributed by atoms with Gasteiger partial charge in [0.25, 0.3) is 5.69 Å². The van der Waals surface area contributed by atoms with Gasteiger partial charge in [0.05, 0.1) is 4.92 Å². The van der Waals surface area contributed by atoms with E-state index in [4.69, 9.17) is 0 Å². The summed E-state index contributed by atoms with van der Waals surface area (Å²) in [6.45, 7) is 2.99. The fraction of sp³-hybridized carbons (Fsp3) is 0.364. The number of urea groups is 1. The number of hydrogen-bond donors (Lipinski definition) is 1. The third-order valence-electron chi connectivity index (χ3n) is 2.77. The molecule has 1 saturated heterocycles. The van der Waals surface area contributed by atoms with E-state index in [1.165, 1.54) is 6.07 Å². The summed E-state index contributed by atoms with van der Waals surface area (Å²) in [5.41, 5.74) is 1.34. The maximum Gasteiger partial charge on any atom is 0.321 e. The van der Waals surface area contributed by atoms with Crippen LogP contribution in [0.15, 0.2) is 18.2 Å². The molecule has 0 aromatic heterocycles. The minimum absolute atomic E-state index is 0.0752. The van der Waals surface area contributed by atoms with E-state index in [1.807, 2.05) is 0 Å². The van der Waals surface area contributed by atoms with Gasteiger partial charge in [-0.15, -0.1) is 0 Å². The highest BCUT2D eigenvalue weighted by atomic mass is 16.6. The standard InChI is InChI=1S/C11H13N3O3/c1-8-7-9(3-4-10(8)14(16)17)13-6-2-5-12-11(13)15/h3-4,7H,2,5-6H2,1H3,(H,12,15). The summed E-state index contributed by atoms with van der Waals surface area (Å²) in [7, 11) is 0. The number of hydrogen-bond acceptors (Lipinski definition) is 3. The molecule has 0 saturated carbocycles. The molecule has 2 amide bonds. The number of benzene rings is 1. The van der Waals surface area contributed by atoms with Crippen LogP contribution in [0.2, 0.25) is 0 Å². The Morgan fingerprint density at radius 1 is 1.47 bits per heavy atom. The maximum atomic E-state index is 11.6. The highest BCUT2D eigenvalue weighted by Crippen LogP contribution is 2.25. The van der Waals surface area contributed by atoms with Crippen LogP contribution in [-0.4, -0.2) is 24.0 Å². The summed E-state index contributed by atoms with van der Waals surface area (Å²) in [5.74, 6) is 0. The molecule has 0 aliphatic carbocycles. The molecule has 0 unspecified atom stereocenters. The predicted molar refractivity (Wildman–Crippen MR) is 63.2 cm³/mol. The van der Waals surface area contributed by atoms with Gasteiger partial charge in [-0.2, -0.15) is 0 Å². The minimum atomic E-state index is -0.421. The molecule has 0 radical (unpaired) electrons. The van der Waals surface area contributed by atoms with E-state index in [0.29, 0.717) is 24.3 Å². The summed E-state index contributed by atoms with van der Waals surface area (Å²) >= 11 is 0. The van der Waals surface area contributed by atoms with Crippen molar-refractivity contribution in [3.63, 3.8) is 0 Å². The van der Waals surface area contributed by atoms with Crippen molar-refractivity contribution >= 4 is 17.4 Å². The molecule has 1 aromatic rings. The first-order valence-corrected chi connectivity index (χ1v) is 5.40. The highest BCUT2D eigenvalue weighted by Gasteiger charge is 2.20. The van der Waals surface area contributed by atoms with Gasteiger partial charge in [-0.25, -0.2) is 4.79 Å². The summed E-state index contributed by atoms with van der Waals surface area (Å²) in [6, 6.07) is 4.57. The van der Waals surface area contributed by atoms with Crippen LogP contribution in [-0.2, 0) is 0 Å². The fourth-order valence-corrected chi connectivity index (χ4v) is 1.89. The Morgan fingerprint density at radius 3 is 2.82 bits per heavy atom. The van der Waals surface area contributed by atoms with Crippen LogP contribution in [0, 0.1) is 17.0 Å². The molecule has 6 heteroatoms. The Hall–Kier alpha value is -2.11. The van der Waals surface area contributed by atoms with Crippen LogP contribution in [0.5, 0.6) is 0 Å². The van der Waals surface area contributed by atoms with Gasteiger partial charge in [0.1, 0.15) is 0 Å². The SMILES string of the molecule is Cc1cc(N2CCCNC2=O)ccc1[N+](=O)[O-]. The van der Waals surface area contributed by atoms with Crippen molar-refractivity contribution in [2.24, 2.45) is 0 Å². The third-order valence-corrected chi connectivity index (χ3v) is 2.77. The normalized spacial score (nSPS) is 15.6. The molecular formula is C11H13N3O3. The van der Waals surface area contributed by atoms with Crippen molar-refractivity contribution in [3.8, 4) is 0 Å². The van der Waals surface area contributed by atoms with Crippen LogP contribution < -0.4 is 10.2 Å². The van der Waals surface area contributed by atoms with Crippen LogP contribution in [0.25, 0.3) is 0 Å². The van der Waals surface area contributed by atoms with Crippen molar-refractivity contribution in [3.05, 3.63) is 33.9 Å². The van der Waals surface area contributed by atoms with Gasteiger partial charge in [0.2, 0.25) is 0 Å². The van der Waals surface area contributed by atoms with Crippen molar-refractivity contribution in [1.29, 1.82) is 0 Å². The van der Waals surface area contributed by atoms with E-state index in [-0.39, 0.29) is 11.7 Å². The lowest BCUT2D eigenvalue weighted by Crippen LogP contribution is -2.46. The fourth-order valence-electron chi connectivity index (χ4n) is 1.89. The van der Waals surface area contributed by atoms with Gasteiger partial charge in [-0.3, -0.25) is 15.0 Å². The van der Waals surface area contributed by atoms with Gasteiger partial charge < -0.3 is 5.32 Å². The quantitative estimate of drug-likeness (QED) is 0.627. The molecule has 1 N–H and O–H groups in total. The lowest BCUT2D eigenvalue weighted by molar-refractivity contribution is -0.385. The number of anilines is 1. The van der Waals surface area contributed by atoms with Crippen molar-refractivity contribution < 1.29 is 9.72 Å². The number of nitro groups is 1. The lowest BCUT2D eigenvalue weighted by atomic mass is 10.1. The largest absolute Gasteiger partial charge is 0.338 e. The molecule has 6 nitrogen and oxygen atoms in total. The zero-order chi connectivity index (χ0) is 12.4. The first-order valence-electron chi connectivity index (χ1n) is 5.40. The Morgan fingerprint density at radius 2 is 2.24 bits per heavy atom. The number of nitrogens with zero attached hydrogens (tertiary/aromatic N) is 2. The summed E-state index contributed by atoms with van der Waals surface area (Å²) < 4.78 is 0. The zero-order valence-corrected chi connectivity index (χ0v) is 9.47. The molecule has 0 atom stereocenters. The molecule has 1 aromatic carbocycles. The molecule has 1 aliphatic heterocycles. The Bertz CT molecular complexity index is 473. The van der Waals surface area contributed by atoms with Crippen LogP contribution >= 0.6 is 0 Å². The Balaban J connectivity index is 2.30. The van der Waals surface area contributed by atoms with Gasteiger partial charge in [0, 0.05) is 30.4 Å². The van der Waals surface area contributed by atoms with Crippen LogP contribution in [0.3, 0.4) is 0 Å². The Labute approximate surface area is 98.4 Å². The minimum Gasteiger partial charge on any atom is -0.338 e. The van der Waals surface area contributed by atoms with Gasteiger partial charge in [0.15, 0.2) is 0 Å². The van der Waals surface area contributed by atoms with E-state index >= 15 is 0 Å². The van der Waals surface area contributed by atoms with Crippen molar-refractivity contribution in [2.45, 2.75) is 13.3 Å². The van der Waals surface area contributed by atoms with Crippen molar-refractivity contribution in [1.82, 2.24) is 5.32 Å². The number of carbonyl (C=O) groups is 1. The summed E-state index contributed by atoms with van der Waals surface area (Å²) in [5, 5.41) is 13.4. The van der Waals surface area contributed by atoms with Crippen LogP contribution in [0.4, 0.5) is 16.2 Å². The number of rotatable bonds is 2. The lowest BCUT2D eigenvalue weighted by Gasteiger charge is -2.27. The predicted octanol–water partition coefficient (Wildman–Crippen LogP) is 1.82. The number of nitro benzene ring substituents is 1. The maximum absolute atomic E-state index is 11.6. The van der Waals surface area contributed by atoms with E-state index in [2.05, 4.69) is 5.32 Å². The molecule has 2 rings (SSSR count). The number of amides is 2. The van der Waals surface area contributed by atoms with Gasteiger partial charge in [-0.05, 0) is 25.5 Å². The second-order valence-corrected chi connectivity index (χ2v) is 3.97. The average Bonchev–Trinajstić information content (AvgIpc) is 2.29. The number of nitrogens with one attached hydrogen (secondary N) is 1. The summed E-state index contributed by atoms with van der Waals surface area (Å²) in [4.78, 5) is 23.5. The average molecular weight is 235 g/mol. The Kier molecular flexibility index (Phi) is 2.95. The second kappa shape index (κ2) is 4.40. The van der Waals surface area contributed by atoms with E-state index in [9.17, 15) is 14.9 Å². The van der Waals surface area contributed by atoms with E-state index < -0.39 is 4.92 Å². The van der Waals surface area contributed by atoms with Gasteiger partial charge >= 0.3 is 6.03 Å². The first-order chi connectivity index (χ1) is 8.09. The second-order valence-electron chi connectivity index (χ2n) is 3.97. The molecular weight excluding hydrogens is 222 g/mol. The molecule has 0 bridgehead atoms.